The van der Waals surface area contributed by atoms with Crippen molar-refractivity contribution in [2.24, 2.45) is 0 Å². The van der Waals surface area contributed by atoms with Crippen LogP contribution in [-0.2, 0) is 0 Å². The third-order valence-electron chi connectivity index (χ3n) is 11.8. The van der Waals surface area contributed by atoms with Crippen LogP contribution in [0.4, 0.5) is 17.1 Å². The summed E-state index contributed by atoms with van der Waals surface area (Å²) in [6, 6.07) is 77.3. The Labute approximate surface area is 346 Å². The predicted octanol–water partition coefficient (Wildman–Crippen LogP) is 15.9. The molecule has 0 aliphatic carbocycles. The maximum Gasteiger partial charge on any atom is 0.213 e. The summed E-state index contributed by atoms with van der Waals surface area (Å²) in [5, 5.41) is 5.68. The number of aromatic nitrogens is 1. The Bertz CT molecular complexity index is 3500. The fraction of sp³-hybridized carbons (Fsp3) is 0. The largest absolute Gasteiger partial charge is 0.455 e. The van der Waals surface area contributed by atoms with E-state index in [9.17, 15) is 0 Å². The molecular weight excluding hydrogens is 733 g/mol. The standard InChI is InChI=1S/C56H36N2O2/c1-3-13-37(14-4-1)38-25-31-42(32-26-38)57(44-35-29-40(30-36-44)46-20-11-21-48-47-17-7-9-23-51(47)59-55(46)48)43-33-27-39(28-34-43)45-19-12-22-50-53(45)54-49-18-8-10-24-52(49)60-56(54)58(50)41-15-5-2-6-16-41/h1-36H. The first-order valence-electron chi connectivity index (χ1n) is 20.3. The molecule has 9 aromatic carbocycles. The molecule has 0 aliphatic heterocycles. The summed E-state index contributed by atoms with van der Waals surface area (Å²) >= 11 is 0. The molecule has 12 rings (SSSR count). The van der Waals surface area contributed by atoms with Crippen LogP contribution in [0.25, 0.3) is 94.0 Å². The molecule has 12 aromatic rings. The van der Waals surface area contributed by atoms with Gasteiger partial charge in [0.25, 0.3) is 0 Å². The number of para-hydroxylation sites is 4. The van der Waals surface area contributed by atoms with Gasteiger partial charge in [0.2, 0.25) is 5.71 Å². The number of nitrogens with zero attached hydrogens (tertiary/aromatic N) is 2. The van der Waals surface area contributed by atoms with Crippen molar-refractivity contribution in [2.75, 3.05) is 4.90 Å². The van der Waals surface area contributed by atoms with E-state index in [-0.39, 0.29) is 0 Å². The molecule has 4 heteroatoms. The third-order valence-corrected chi connectivity index (χ3v) is 11.8. The van der Waals surface area contributed by atoms with Crippen LogP contribution in [0.2, 0.25) is 0 Å². The lowest BCUT2D eigenvalue weighted by Gasteiger charge is -2.26. The molecule has 3 heterocycles. The van der Waals surface area contributed by atoms with Crippen LogP contribution in [-0.4, -0.2) is 4.57 Å². The van der Waals surface area contributed by atoms with E-state index >= 15 is 0 Å². The monoisotopic (exact) mass is 768 g/mol. The average Bonchev–Trinajstić information content (AvgIpc) is 3.99. The van der Waals surface area contributed by atoms with Gasteiger partial charge >= 0.3 is 0 Å². The van der Waals surface area contributed by atoms with Crippen LogP contribution in [0.3, 0.4) is 0 Å². The van der Waals surface area contributed by atoms with Crippen molar-refractivity contribution < 1.29 is 8.83 Å². The topological polar surface area (TPSA) is 34.5 Å². The Morgan fingerprint density at radius 1 is 0.333 bits per heavy atom. The molecule has 3 aromatic heterocycles. The number of hydrogen-bond acceptors (Lipinski definition) is 3. The summed E-state index contributed by atoms with van der Waals surface area (Å²) in [5.74, 6) is 0. The Morgan fingerprint density at radius 2 is 0.833 bits per heavy atom. The Kier molecular flexibility index (Phi) is 7.82. The lowest BCUT2D eigenvalue weighted by Crippen LogP contribution is -2.09. The molecule has 0 amide bonds. The van der Waals surface area contributed by atoms with Crippen molar-refractivity contribution in [3.8, 4) is 39.1 Å². The van der Waals surface area contributed by atoms with Gasteiger partial charge in [0.05, 0.1) is 10.9 Å². The zero-order chi connectivity index (χ0) is 39.6. The first-order valence-corrected chi connectivity index (χ1v) is 20.3. The van der Waals surface area contributed by atoms with Crippen molar-refractivity contribution in [3.63, 3.8) is 0 Å². The molecule has 0 fully saturated rings. The molecule has 0 bridgehead atoms. The lowest BCUT2D eigenvalue weighted by atomic mass is 9.98. The van der Waals surface area contributed by atoms with Crippen molar-refractivity contribution in [1.82, 2.24) is 4.57 Å². The van der Waals surface area contributed by atoms with Gasteiger partial charge in [-0.1, -0.05) is 152 Å². The van der Waals surface area contributed by atoms with E-state index in [0.29, 0.717) is 0 Å². The normalized spacial score (nSPS) is 11.7. The summed E-state index contributed by atoms with van der Waals surface area (Å²) in [7, 11) is 0. The van der Waals surface area contributed by atoms with Gasteiger partial charge in [0, 0.05) is 49.9 Å². The number of fused-ring (bicyclic) bond motifs is 8. The molecule has 282 valence electrons. The number of hydrogen-bond donors (Lipinski definition) is 0. The van der Waals surface area contributed by atoms with E-state index < -0.39 is 0 Å². The van der Waals surface area contributed by atoms with Crippen molar-refractivity contribution in [3.05, 3.63) is 218 Å². The zero-order valence-corrected chi connectivity index (χ0v) is 32.5. The smallest absolute Gasteiger partial charge is 0.213 e. The van der Waals surface area contributed by atoms with Gasteiger partial charge in [-0.2, -0.15) is 0 Å². The number of rotatable bonds is 7. The van der Waals surface area contributed by atoms with E-state index in [4.69, 9.17) is 8.83 Å². The Morgan fingerprint density at radius 3 is 1.52 bits per heavy atom. The minimum Gasteiger partial charge on any atom is -0.455 e. The van der Waals surface area contributed by atoms with Gasteiger partial charge in [0.1, 0.15) is 16.7 Å². The van der Waals surface area contributed by atoms with E-state index in [1.54, 1.807) is 0 Å². The molecule has 0 saturated carbocycles. The highest BCUT2D eigenvalue weighted by Gasteiger charge is 2.22. The van der Waals surface area contributed by atoms with Gasteiger partial charge in [0.15, 0.2) is 0 Å². The van der Waals surface area contributed by atoms with Crippen molar-refractivity contribution in [1.29, 1.82) is 0 Å². The Balaban J connectivity index is 0.980. The van der Waals surface area contributed by atoms with Crippen LogP contribution in [0.15, 0.2) is 227 Å². The molecule has 0 unspecified atom stereocenters. The van der Waals surface area contributed by atoms with Gasteiger partial charge in [-0.3, -0.25) is 4.57 Å². The van der Waals surface area contributed by atoms with Crippen LogP contribution >= 0.6 is 0 Å². The van der Waals surface area contributed by atoms with Crippen LogP contribution < -0.4 is 4.90 Å². The highest BCUT2D eigenvalue weighted by atomic mass is 16.3. The minimum absolute atomic E-state index is 0.853. The second kappa shape index (κ2) is 13.8. The number of benzene rings is 9. The van der Waals surface area contributed by atoms with E-state index in [2.05, 4.69) is 210 Å². The molecule has 4 nitrogen and oxygen atoms in total. The van der Waals surface area contributed by atoms with E-state index in [0.717, 1.165) is 94.5 Å². The molecule has 0 aliphatic rings. The van der Waals surface area contributed by atoms with E-state index in [1.807, 2.05) is 18.2 Å². The van der Waals surface area contributed by atoms with Gasteiger partial charge in [-0.05, 0) is 94.5 Å². The summed E-state index contributed by atoms with van der Waals surface area (Å²) in [6.07, 6.45) is 0. The van der Waals surface area contributed by atoms with E-state index in [1.165, 1.54) is 16.5 Å². The van der Waals surface area contributed by atoms with Crippen LogP contribution in [0, 0.1) is 0 Å². The first kappa shape index (κ1) is 34.0. The first-order chi connectivity index (χ1) is 29.8. The second-order valence-electron chi connectivity index (χ2n) is 15.3. The number of anilines is 3. The molecule has 0 atom stereocenters. The lowest BCUT2D eigenvalue weighted by molar-refractivity contribution is 0.645. The highest BCUT2D eigenvalue weighted by molar-refractivity contribution is 6.24. The highest BCUT2D eigenvalue weighted by Crippen LogP contribution is 2.45. The van der Waals surface area contributed by atoms with Gasteiger partial charge in [-0.15, -0.1) is 0 Å². The molecule has 60 heavy (non-hydrogen) atoms. The second-order valence-corrected chi connectivity index (χ2v) is 15.3. The third kappa shape index (κ3) is 5.46. The van der Waals surface area contributed by atoms with Crippen LogP contribution in [0.1, 0.15) is 0 Å². The average molecular weight is 769 g/mol. The summed E-state index contributed by atoms with van der Waals surface area (Å²) < 4.78 is 15.3. The fourth-order valence-electron chi connectivity index (χ4n) is 9.04. The SMILES string of the molecule is c1ccc(-c2ccc(N(c3ccc(-c4cccc5c4oc4ccccc45)cc3)c3ccc(-c4cccc5c4c4c6ccccc6oc4n5-c4ccccc4)cc3)cc2)cc1. The molecule has 0 radical (unpaired) electrons. The summed E-state index contributed by atoms with van der Waals surface area (Å²) in [5.41, 5.74) is 15.8. The quantitative estimate of drug-likeness (QED) is 0.162. The van der Waals surface area contributed by atoms with Gasteiger partial charge < -0.3 is 13.7 Å². The number of furan rings is 2. The summed E-state index contributed by atoms with van der Waals surface area (Å²) in [6.45, 7) is 0. The Hall–Kier alpha value is -8.08. The maximum atomic E-state index is 6.62. The molecule has 0 saturated heterocycles. The van der Waals surface area contributed by atoms with Crippen molar-refractivity contribution >= 4 is 72.0 Å². The maximum absolute atomic E-state index is 6.62. The molecule has 0 spiro atoms. The van der Waals surface area contributed by atoms with Crippen LogP contribution in [0.5, 0.6) is 0 Å². The predicted molar refractivity (Wildman–Crippen MR) is 249 cm³/mol. The molecule has 0 N–H and O–H groups in total. The summed E-state index contributed by atoms with van der Waals surface area (Å²) in [4.78, 5) is 2.33. The fourth-order valence-corrected chi connectivity index (χ4v) is 9.04. The zero-order valence-electron chi connectivity index (χ0n) is 32.5. The van der Waals surface area contributed by atoms with Gasteiger partial charge in [-0.25, -0.2) is 0 Å². The minimum atomic E-state index is 0.853. The molecular formula is C56H36N2O2. The van der Waals surface area contributed by atoms with Crippen molar-refractivity contribution in [2.45, 2.75) is 0 Å².